The van der Waals surface area contributed by atoms with Crippen LogP contribution in [-0.4, -0.2) is 27.2 Å². The van der Waals surface area contributed by atoms with E-state index >= 15 is 0 Å². The standard InChI is InChI=1S/C20H31N5O4/c1-6-7-9-25-18(21)17(19(27)22-20(25)28)24(10-8-12(2)3)16(26)11-15-13(4)23-29-14(15)5/h12H,6-11,21H2,1-5H3,(H,22,27,28). The zero-order valence-corrected chi connectivity index (χ0v) is 17.9. The summed E-state index contributed by atoms with van der Waals surface area (Å²) in [5, 5.41) is 3.89. The molecule has 2 heterocycles. The Morgan fingerprint density at radius 1 is 1.31 bits per heavy atom. The van der Waals surface area contributed by atoms with E-state index in [-0.39, 0.29) is 23.8 Å². The van der Waals surface area contributed by atoms with Gasteiger partial charge in [-0.15, -0.1) is 0 Å². The van der Waals surface area contributed by atoms with E-state index < -0.39 is 11.2 Å². The molecular formula is C20H31N5O4. The summed E-state index contributed by atoms with van der Waals surface area (Å²) in [7, 11) is 0. The van der Waals surface area contributed by atoms with Gasteiger partial charge in [-0.3, -0.25) is 19.1 Å². The quantitative estimate of drug-likeness (QED) is 0.658. The van der Waals surface area contributed by atoms with Crippen LogP contribution in [0, 0.1) is 19.8 Å². The molecule has 0 bridgehead atoms. The van der Waals surface area contributed by atoms with Crippen LogP contribution in [0.2, 0.25) is 0 Å². The molecule has 0 radical (unpaired) electrons. The second kappa shape index (κ2) is 9.58. The Kier molecular flexibility index (Phi) is 7.41. The summed E-state index contributed by atoms with van der Waals surface area (Å²) in [6.07, 6.45) is 2.31. The monoisotopic (exact) mass is 405 g/mol. The van der Waals surface area contributed by atoms with Gasteiger partial charge in [-0.2, -0.15) is 0 Å². The molecule has 3 N–H and O–H groups in total. The number of unbranched alkanes of at least 4 members (excludes halogenated alkanes) is 1. The van der Waals surface area contributed by atoms with Crippen LogP contribution in [0.3, 0.4) is 0 Å². The van der Waals surface area contributed by atoms with Gasteiger partial charge in [0.05, 0.1) is 12.1 Å². The molecule has 2 rings (SSSR count). The lowest BCUT2D eigenvalue weighted by Crippen LogP contribution is -2.42. The molecule has 0 spiro atoms. The van der Waals surface area contributed by atoms with Gasteiger partial charge in [0, 0.05) is 18.7 Å². The average Bonchev–Trinajstić information content (AvgIpc) is 2.95. The highest BCUT2D eigenvalue weighted by Gasteiger charge is 2.26. The Labute approximate surface area is 169 Å². The first kappa shape index (κ1) is 22.4. The fourth-order valence-electron chi connectivity index (χ4n) is 3.13. The number of nitrogen functional groups attached to an aromatic ring is 1. The smallest absolute Gasteiger partial charge is 0.330 e. The van der Waals surface area contributed by atoms with E-state index in [2.05, 4.69) is 10.1 Å². The summed E-state index contributed by atoms with van der Waals surface area (Å²) in [4.78, 5) is 41.8. The van der Waals surface area contributed by atoms with E-state index in [1.165, 1.54) is 9.47 Å². The molecule has 0 aliphatic rings. The van der Waals surface area contributed by atoms with Crippen LogP contribution in [0.4, 0.5) is 11.5 Å². The van der Waals surface area contributed by atoms with E-state index in [0.717, 1.165) is 12.8 Å². The summed E-state index contributed by atoms with van der Waals surface area (Å²) in [6.45, 7) is 10.3. The molecule has 9 nitrogen and oxygen atoms in total. The molecule has 2 aromatic heterocycles. The topological polar surface area (TPSA) is 127 Å². The van der Waals surface area contributed by atoms with Crippen molar-refractivity contribution in [2.45, 2.75) is 66.8 Å². The number of carbonyl (C=O) groups excluding carboxylic acids is 1. The normalized spacial score (nSPS) is 11.2. The SMILES string of the molecule is CCCCn1c(N)c(N(CCC(C)C)C(=O)Cc2c(C)noc2C)c(=O)[nH]c1=O. The van der Waals surface area contributed by atoms with Crippen molar-refractivity contribution < 1.29 is 9.32 Å². The molecule has 0 unspecified atom stereocenters. The zero-order chi connectivity index (χ0) is 21.7. The molecule has 0 aliphatic carbocycles. The minimum atomic E-state index is -0.656. The van der Waals surface area contributed by atoms with Gasteiger partial charge >= 0.3 is 5.69 Å². The fraction of sp³-hybridized carbons (Fsp3) is 0.600. The molecule has 0 aromatic carbocycles. The van der Waals surface area contributed by atoms with Crippen LogP contribution in [0.5, 0.6) is 0 Å². The molecule has 0 fully saturated rings. The van der Waals surface area contributed by atoms with Gasteiger partial charge in [-0.25, -0.2) is 4.79 Å². The average molecular weight is 405 g/mol. The van der Waals surface area contributed by atoms with Gasteiger partial charge in [0.2, 0.25) is 5.91 Å². The molecule has 9 heteroatoms. The number of H-pyrrole nitrogens is 1. The minimum absolute atomic E-state index is 0.0167. The van der Waals surface area contributed by atoms with E-state index in [0.29, 0.717) is 42.4 Å². The van der Waals surface area contributed by atoms with Crippen LogP contribution in [0.25, 0.3) is 0 Å². The number of amides is 1. The van der Waals surface area contributed by atoms with Crippen molar-refractivity contribution in [2.75, 3.05) is 17.2 Å². The highest BCUT2D eigenvalue weighted by atomic mass is 16.5. The molecule has 29 heavy (non-hydrogen) atoms. The third-order valence-corrected chi connectivity index (χ3v) is 4.96. The van der Waals surface area contributed by atoms with E-state index in [1.54, 1.807) is 13.8 Å². The van der Waals surface area contributed by atoms with Gasteiger partial charge < -0.3 is 15.2 Å². The third-order valence-electron chi connectivity index (χ3n) is 4.96. The number of rotatable bonds is 9. The predicted octanol–water partition coefficient (Wildman–Crippen LogP) is 2.15. The Hall–Kier alpha value is -2.84. The maximum Gasteiger partial charge on any atom is 0.330 e. The molecule has 160 valence electrons. The zero-order valence-electron chi connectivity index (χ0n) is 17.9. The highest BCUT2D eigenvalue weighted by molar-refractivity contribution is 5.97. The van der Waals surface area contributed by atoms with Gasteiger partial charge in [0.15, 0.2) is 5.69 Å². The van der Waals surface area contributed by atoms with Crippen LogP contribution >= 0.6 is 0 Å². The van der Waals surface area contributed by atoms with Crippen LogP contribution in [0.15, 0.2) is 14.1 Å². The molecule has 1 amide bonds. The van der Waals surface area contributed by atoms with Gasteiger partial charge in [-0.05, 0) is 32.6 Å². The molecule has 0 aliphatic heterocycles. The van der Waals surface area contributed by atoms with Gasteiger partial charge in [0.1, 0.15) is 11.6 Å². The van der Waals surface area contributed by atoms with Crippen molar-refractivity contribution in [2.24, 2.45) is 5.92 Å². The van der Waals surface area contributed by atoms with Crippen molar-refractivity contribution in [1.29, 1.82) is 0 Å². The highest BCUT2D eigenvalue weighted by Crippen LogP contribution is 2.21. The molecule has 2 aromatic rings. The fourth-order valence-corrected chi connectivity index (χ4v) is 3.13. The summed E-state index contributed by atoms with van der Waals surface area (Å²) in [5.41, 5.74) is 6.36. The van der Waals surface area contributed by atoms with Crippen molar-refractivity contribution in [1.82, 2.24) is 14.7 Å². The van der Waals surface area contributed by atoms with E-state index in [9.17, 15) is 14.4 Å². The Morgan fingerprint density at radius 3 is 2.55 bits per heavy atom. The van der Waals surface area contributed by atoms with Crippen molar-refractivity contribution in [3.05, 3.63) is 37.9 Å². The van der Waals surface area contributed by atoms with Crippen LogP contribution in [-0.2, 0) is 17.8 Å². The number of nitrogens with two attached hydrogens (primary N) is 1. The minimum Gasteiger partial charge on any atom is -0.383 e. The maximum atomic E-state index is 13.2. The third kappa shape index (κ3) is 5.16. The first-order chi connectivity index (χ1) is 13.7. The van der Waals surface area contributed by atoms with Crippen molar-refractivity contribution in [3.63, 3.8) is 0 Å². The Balaban J connectivity index is 2.50. The van der Waals surface area contributed by atoms with Gasteiger partial charge in [0.25, 0.3) is 5.56 Å². The number of hydrogen-bond donors (Lipinski definition) is 2. The predicted molar refractivity (Wildman–Crippen MR) is 112 cm³/mol. The molecular weight excluding hydrogens is 374 g/mol. The van der Waals surface area contributed by atoms with Crippen LogP contribution in [0.1, 0.15) is 57.1 Å². The lowest BCUT2D eigenvalue weighted by Gasteiger charge is -2.25. The lowest BCUT2D eigenvalue weighted by molar-refractivity contribution is -0.118. The first-order valence-corrected chi connectivity index (χ1v) is 10.0. The molecule has 0 saturated heterocycles. The second-order valence-corrected chi connectivity index (χ2v) is 7.71. The molecule has 0 atom stereocenters. The maximum absolute atomic E-state index is 13.2. The second-order valence-electron chi connectivity index (χ2n) is 7.71. The number of aromatic nitrogens is 3. The summed E-state index contributed by atoms with van der Waals surface area (Å²) in [6, 6.07) is 0. The summed E-state index contributed by atoms with van der Waals surface area (Å²) < 4.78 is 6.47. The number of hydrogen-bond acceptors (Lipinski definition) is 6. The first-order valence-electron chi connectivity index (χ1n) is 10.0. The lowest BCUT2D eigenvalue weighted by atomic mass is 10.1. The molecule has 0 saturated carbocycles. The number of carbonyl (C=O) groups is 1. The number of nitrogens with one attached hydrogen (secondary N) is 1. The van der Waals surface area contributed by atoms with Crippen molar-refractivity contribution in [3.8, 4) is 0 Å². The van der Waals surface area contributed by atoms with E-state index in [1.807, 2.05) is 20.8 Å². The summed E-state index contributed by atoms with van der Waals surface area (Å²) >= 11 is 0. The number of nitrogens with zero attached hydrogens (tertiary/aromatic N) is 3. The Morgan fingerprint density at radius 2 is 2.00 bits per heavy atom. The van der Waals surface area contributed by atoms with E-state index in [4.69, 9.17) is 10.3 Å². The Bertz CT molecular complexity index is 951. The van der Waals surface area contributed by atoms with Crippen molar-refractivity contribution >= 4 is 17.4 Å². The number of aromatic amines is 1. The van der Waals surface area contributed by atoms with Crippen LogP contribution < -0.4 is 21.9 Å². The largest absolute Gasteiger partial charge is 0.383 e. The number of aryl methyl sites for hydroxylation is 2. The number of anilines is 2. The summed E-state index contributed by atoms with van der Waals surface area (Å²) in [5.74, 6) is 0.603. The van der Waals surface area contributed by atoms with Gasteiger partial charge in [-0.1, -0.05) is 32.3 Å².